The molecule has 0 aliphatic carbocycles. The van der Waals surface area contributed by atoms with Crippen LogP contribution in [-0.4, -0.2) is 24.8 Å². The molecule has 0 aliphatic rings. The molecule has 0 heterocycles. The second kappa shape index (κ2) is 7.01. The lowest BCUT2D eigenvalue weighted by Crippen LogP contribution is -2.34. The maximum Gasteiger partial charge on any atom is 0.407 e. The average molecular weight is 297 g/mol. The fourth-order valence-electron chi connectivity index (χ4n) is 1.32. The van der Waals surface area contributed by atoms with E-state index in [-0.39, 0.29) is 6.61 Å². The summed E-state index contributed by atoms with van der Waals surface area (Å²) >= 11 is 5.81. The quantitative estimate of drug-likeness (QED) is 0.867. The van der Waals surface area contributed by atoms with Gasteiger partial charge in [0.2, 0.25) is 0 Å². The third-order valence-corrected chi connectivity index (χ3v) is 2.43. The number of benzene rings is 1. The standard InChI is InChI=1S/C14H17ClN2O3/c1-14(2,3)20-13(18)17-6-7-19-11-4-5-12(15)10(8-11)9-16/h4-5,8H,6-7H2,1-3H3,(H,17,18). The molecule has 1 amide bonds. The molecule has 0 saturated carbocycles. The van der Waals surface area contributed by atoms with Crippen LogP contribution in [0.1, 0.15) is 26.3 Å². The highest BCUT2D eigenvalue weighted by Gasteiger charge is 2.15. The molecule has 0 fully saturated rings. The summed E-state index contributed by atoms with van der Waals surface area (Å²) in [5, 5.41) is 11.8. The van der Waals surface area contributed by atoms with Crippen LogP contribution in [0, 0.1) is 11.3 Å². The monoisotopic (exact) mass is 296 g/mol. The number of nitrogens with one attached hydrogen (secondary N) is 1. The summed E-state index contributed by atoms with van der Waals surface area (Å²) in [7, 11) is 0. The van der Waals surface area contributed by atoms with Crippen LogP contribution >= 0.6 is 11.6 Å². The van der Waals surface area contributed by atoms with Crippen LogP contribution in [0.5, 0.6) is 5.75 Å². The van der Waals surface area contributed by atoms with E-state index < -0.39 is 11.7 Å². The van der Waals surface area contributed by atoms with E-state index in [2.05, 4.69) is 5.32 Å². The molecule has 6 heteroatoms. The van der Waals surface area contributed by atoms with Crippen LogP contribution in [0.25, 0.3) is 0 Å². The number of amides is 1. The van der Waals surface area contributed by atoms with E-state index >= 15 is 0 Å². The summed E-state index contributed by atoms with van der Waals surface area (Å²) in [5.41, 5.74) is -0.174. The third-order valence-electron chi connectivity index (χ3n) is 2.10. The van der Waals surface area contributed by atoms with Gasteiger partial charge in [0.05, 0.1) is 17.1 Å². The summed E-state index contributed by atoms with van der Waals surface area (Å²) in [6.45, 7) is 5.95. The van der Waals surface area contributed by atoms with Gasteiger partial charge in [-0.05, 0) is 39.0 Å². The molecule has 1 aromatic carbocycles. The van der Waals surface area contributed by atoms with Gasteiger partial charge in [0.15, 0.2) is 0 Å². The summed E-state index contributed by atoms with van der Waals surface area (Å²) in [6, 6.07) is 6.78. The second-order valence-corrected chi connectivity index (χ2v) is 5.44. The molecule has 1 aromatic rings. The van der Waals surface area contributed by atoms with Gasteiger partial charge in [0, 0.05) is 0 Å². The first-order valence-corrected chi connectivity index (χ1v) is 6.49. The first-order valence-electron chi connectivity index (χ1n) is 6.11. The average Bonchev–Trinajstić information content (AvgIpc) is 2.34. The molecular formula is C14H17ClN2O3. The number of nitrogens with zero attached hydrogens (tertiary/aromatic N) is 1. The van der Waals surface area contributed by atoms with Crippen molar-refractivity contribution in [2.75, 3.05) is 13.2 Å². The number of carbonyl (C=O) groups excluding carboxylic acids is 1. The van der Waals surface area contributed by atoms with Gasteiger partial charge in [0.1, 0.15) is 24.0 Å². The topological polar surface area (TPSA) is 71.3 Å². The fraction of sp³-hybridized carbons (Fsp3) is 0.429. The van der Waals surface area contributed by atoms with Gasteiger partial charge in [0.25, 0.3) is 0 Å². The van der Waals surface area contributed by atoms with Crippen LogP contribution in [0.3, 0.4) is 0 Å². The van der Waals surface area contributed by atoms with Gasteiger partial charge >= 0.3 is 6.09 Å². The maximum atomic E-state index is 11.4. The van der Waals surface area contributed by atoms with E-state index in [1.807, 2.05) is 6.07 Å². The van der Waals surface area contributed by atoms with E-state index in [9.17, 15) is 4.79 Å². The first-order chi connectivity index (χ1) is 9.31. The number of carbonyl (C=O) groups is 1. The Morgan fingerprint density at radius 2 is 2.15 bits per heavy atom. The minimum Gasteiger partial charge on any atom is -0.492 e. The predicted molar refractivity (Wildman–Crippen MR) is 75.9 cm³/mol. The van der Waals surface area contributed by atoms with Crippen molar-refractivity contribution in [3.8, 4) is 11.8 Å². The Morgan fingerprint density at radius 1 is 1.45 bits per heavy atom. The van der Waals surface area contributed by atoms with Gasteiger partial charge in [-0.25, -0.2) is 4.79 Å². The molecule has 0 saturated heterocycles. The molecule has 20 heavy (non-hydrogen) atoms. The van der Waals surface area contributed by atoms with Crippen molar-refractivity contribution < 1.29 is 14.3 Å². The van der Waals surface area contributed by atoms with Gasteiger partial charge in [-0.3, -0.25) is 0 Å². The zero-order chi connectivity index (χ0) is 15.2. The predicted octanol–water partition coefficient (Wildman–Crippen LogP) is 3.12. The molecule has 1 rings (SSSR count). The Bertz CT molecular complexity index is 518. The first kappa shape index (κ1) is 16.1. The molecular weight excluding hydrogens is 280 g/mol. The lowest BCUT2D eigenvalue weighted by Gasteiger charge is -2.19. The van der Waals surface area contributed by atoms with Crippen molar-refractivity contribution in [2.45, 2.75) is 26.4 Å². The van der Waals surface area contributed by atoms with E-state index in [1.165, 1.54) is 0 Å². The highest BCUT2D eigenvalue weighted by molar-refractivity contribution is 6.31. The fourth-order valence-corrected chi connectivity index (χ4v) is 1.48. The molecule has 108 valence electrons. The summed E-state index contributed by atoms with van der Waals surface area (Å²) in [5.74, 6) is 0.525. The van der Waals surface area contributed by atoms with E-state index in [4.69, 9.17) is 26.3 Å². The van der Waals surface area contributed by atoms with E-state index in [0.29, 0.717) is 22.9 Å². The van der Waals surface area contributed by atoms with Gasteiger partial charge in [-0.1, -0.05) is 11.6 Å². The van der Waals surface area contributed by atoms with Crippen molar-refractivity contribution in [1.29, 1.82) is 5.26 Å². The van der Waals surface area contributed by atoms with Gasteiger partial charge in [-0.15, -0.1) is 0 Å². The van der Waals surface area contributed by atoms with Crippen LogP contribution in [0.2, 0.25) is 5.02 Å². The Kier molecular flexibility index (Phi) is 5.66. The molecule has 0 spiro atoms. The number of ether oxygens (including phenoxy) is 2. The van der Waals surface area contributed by atoms with E-state index in [1.54, 1.807) is 39.0 Å². The number of halogens is 1. The molecule has 0 radical (unpaired) electrons. The SMILES string of the molecule is CC(C)(C)OC(=O)NCCOc1ccc(Cl)c(C#N)c1. The van der Waals surface area contributed by atoms with Crippen molar-refractivity contribution >= 4 is 17.7 Å². The zero-order valence-corrected chi connectivity index (χ0v) is 12.5. The van der Waals surface area contributed by atoms with Crippen LogP contribution < -0.4 is 10.1 Å². The Labute approximate surface area is 123 Å². The molecule has 0 atom stereocenters. The van der Waals surface area contributed by atoms with Crippen LogP contribution in [-0.2, 0) is 4.74 Å². The number of rotatable bonds is 4. The number of hydrogen-bond donors (Lipinski definition) is 1. The van der Waals surface area contributed by atoms with Gasteiger partial charge < -0.3 is 14.8 Å². The van der Waals surface area contributed by atoms with Crippen molar-refractivity contribution in [3.63, 3.8) is 0 Å². The van der Waals surface area contributed by atoms with E-state index in [0.717, 1.165) is 0 Å². The largest absolute Gasteiger partial charge is 0.492 e. The Balaban J connectivity index is 2.35. The molecule has 5 nitrogen and oxygen atoms in total. The van der Waals surface area contributed by atoms with Crippen molar-refractivity contribution in [1.82, 2.24) is 5.32 Å². The highest BCUT2D eigenvalue weighted by atomic mass is 35.5. The molecule has 0 unspecified atom stereocenters. The normalized spacial score (nSPS) is 10.6. The number of alkyl carbamates (subject to hydrolysis) is 1. The lowest BCUT2D eigenvalue weighted by atomic mass is 10.2. The minimum atomic E-state index is -0.525. The molecule has 0 aromatic heterocycles. The minimum absolute atomic E-state index is 0.270. The smallest absolute Gasteiger partial charge is 0.407 e. The Morgan fingerprint density at radius 3 is 2.75 bits per heavy atom. The summed E-state index contributed by atoms with van der Waals surface area (Å²) < 4.78 is 10.5. The second-order valence-electron chi connectivity index (χ2n) is 5.03. The lowest BCUT2D eigenvalue weighted by molar-refractivity contribution is 0.0520. The zero-order valence-electron chi connectivity index (χ0n) is 11.7. The molecule has 0 bridgehead atoms. The third kappa shape index (κ3) is 5.81. The number of hydrogen-bond acceptors (Lipinski definition) is 4. The van der Waals surface area contributed by atoms with Gasteiger partial charge in [-0.2, -0.15) is 5.26 Å². The Hall–Kier alpha value is -1.93. The molecule has 1 N–H and O–H groups in total. The summed E-state index contributed by atoms with van der Waals surface area (Å²) in [4.78, 5) is 11.4. The number of nitriles is 1. The molecule has 0 aliphatic heterocycles. The summed E-state index contributed by atoms with van der Waals surface area (Å²) in [6.07, 6.45) is -0.491. The van der Waals surface area contributed by atoms with Crippen molar-refractivity contribution in [2.24, 2.45) is 0 Å². The van der Waals surface area contributed by atoms with Crippen LogP contribution in [0.4, 0.5) is 4.79 Å². The van der Waals surface area contributed by atoms with Crippen LogP contribution in [0.15, 0.2) is 18.2 Å². The maximum absolute atomic E-state index is 11.4. The highest BCUT2D eigenvalue weighted by Crippen LogP contribution is 2.21. The van der Waals surface area contributed by atoms with Crippen molar-refractivity contribution in [3.05, 3.63) is 28.8 Å².